The number of phenolic OH excluding ortho intramolecular Hbond substituents is 3. The van der Waals surface area contributed by atoms with E-state index in [4.69, 9.17) is 0 Å². The largest absolute Gasteiger partial charge is 0.507 e. The van der Waals surface area contributed by atoms with E-state index in [0.717, 1.165) is 70.0 Å². The second-order valence-electron chi connectivity index (χ2n) is 26.4. The van der Waals surface area contributed by atoms with Crippen LogP contribution in [0.4, 0.5) is 0 Å². The van der Waals surface area contributed by atoms with Gasteiger partial charge in [-0.3, -0.25) is 0 Å². The first-order valence-electron chi connectivity index (χ1n) is 27.2. The van der Waals surface area contributed by atoms with Crippen LogP contribution in [0, 0.1) is 80.0 Å². The standard InChI is InChI=1S/C63H78O3/c1-34-7-49(58(64)55(10-34)61-25-40-13-41(26-61)15-42(14-40)27-61)22-52-37(4)53(23-50-8-35(2)11-56(59(50)65)62-28-43-16-44(29-62)18-45(17-43)30-62)39(6)54(38(52)5)24-51-9-36(3)12-57(60(51)66)63-31-46-19-47(32-63)21-48(20-46)33-63/h7-12,22,37,40-48,64-66H,13-21,23-33H2,1-6H3/b52-22+. The molecule has 0 radical (unpaired) electrons. The van der Waals surface area contributed by atoms with Crippen LogP contribution in [-0.4, -0.2) is 15.3 Å². The van der Waals surface area contributed by atoms with Gasteiger partial charge >= 0.3 is 0 Å². The van der Waals surface area contributed by atoms with Crippen molar-refractivity contribution < 1.29 is 15.3 Å². The molecule has 0 heterocycles. The lowest BCUT2D eigenvalue weighted by molar-refractivity contribution is -0.00635. The Morgan fingerprint density at radius 3 is 1.15 bits per heavy atom. The molecule has 12 fully saturated rings. The lowest BCUT2D eigenvalue weighted by Crippen LogP contribution is -2.48. The Bertz CT molecular complexity index is 2540. The molecule has 3 heteroatoms. The quantitative estimate of drug-likeness (QED) is 0.211. The van der Waals surface area contributed by atoms with Crippen molar-refractivity contribution in [1.82, 2.24) is 0 Å². The average molecular weight is 883 g/mol. The van der Waals surface area contributed by atoms with Crippen LogP contribution >= 0.6 is 0 Å². The minimum absolute atomic E-state index is 0.0910. The van der Waals surface area contributed by atoms with E-state index in [-0.39, 0.29) is 22.2 Å². The van der Waals surface area contributed by atoms with Crippen molar-refractivity contribution in [1.29, 1.82) is 0 Å². The molecule has 12 saturated carbocycles. The maximum Gasteiger partial charge on any atom is 0.126 e. The highest BCUT2D eigenvalue weighted by Crippen LogP contribution is 2.65. The van der Waals surface area contributed by atoms with Gasteiger partial charge < -0.3 is 15.3 Å². The number of allylic oxidation sites excluding steroid dienone is 5. The molecule has 0 aromatic heterocycles. The van der Waals surface area contributed by atoms with Crippen LogP contribution in [0.15, 0.2) is 64.3 Å². The summed E-state index contributed by atoms with van der Waals surface area (Å²) < 4.78 is 0. The molecule has 3 nitrogen and oxygen atoms in total. The van der Waals surface area contributed by atoms with Crippen LogP contribution in [-0.2, 0) is 29.1 Å². The van der Waals surface area contributed by atoms with Gasteiger partial charge in [0, 0.05) is 34.6 Å². The van der Waals surface area contributed by atoms with Crippen molar-refractivity contribution in [2.45, 2.75) is 186 Å². The fourth-order valence-electron chi connectivity index (χ4n) is 20.3. The van der Waals surface area contributed by atoms with Gasteiger partial charge in [0.2, 0.25) is 0 Å². The van der Waals surface area contributed by atoms with Gasteiger partial charge in [0.1, 0.15) is 17.2 Å². The molecule has 1 unspecified atom stereocenters. The van der Waals surface area contributed by atoms with Crippen molar-refractivity contribution in [3.8, 4) is 17.2 Å². The van der Waals surface area contributed by atoms with E-state index < -0.39 is 0 Å². The third-order valence-corrected chi connectivity index (χ3v) is 21.6. The van der Waals surface area contributed by atoms with Gasteiger partial charge in [0.05, 0.1) is 0 Å². The third kappa shape index (κ3) is 6.59. The molecule has 0 amide bonds. The van der Waals surface area contributed by atoms with Crippen molar-refractivity contribution in [3.63, 3.8) is 0 Å². The summed E-state index contributed by atoms with van der Waals surface area (Å²) in [7, 11) is 0. The van der Waals surface area contributed by atoms with Crippen LogP contribution in [0.25, 0.3) is 6.08 Å². The van der Waals surface area contributed by atoms with Gasteiger partial charge in [-0.05, 0) is 277 Å². The van der Waals surface area contributed by atoms with Gasteiger partial charge in [-0.2, -0.15) is 0 Å². The molecule has 3 aromatic rings. The number of phenols is 3. The van der Waals surface area contributed by atoms with Crippen molar-refractivity contribution in [2.24, 2.45) is 59.2 Å². The molecular formula is C63H78O3. The van der Waals surface area contributed by atoms with E-state index in [1.165, 1.54) is 177 Å². The Morgan fingerprint density at radius 1 is 0.439 bits per heavy atom. The van der Waals surface area contributed by atoms with Crippen LogP contribution in [0.3, 0.4) is 0 Å². The SMILES string of the molecule is CC1=C(Cc2cc(C)cc(C34CC5CC(CC(C5)C3)C4)c2O)C(C)/C(=C\c2cc(C)cc(C34CC5CC(CC(C5)C3)C4)c2O)C(C)=C1Cc1cc(C)cc(C23CC4CC(CC(C4)C2)C3)c1O. The Hall–Kier alpha value is -3.72. The first-order valence-corrected chi connectivity index (χ1v) is 27.2. The summed E-state index contributed by atoms with van der Waals surface area (Å²) in [6, 6.07) is 13.9. The molecule has 12 bridgehead atoms. The average Bonchev–Trinajstić information content (AvgIpc) is 3.24. The van der Waals surface area contributed by atoms with Gasteiger partial charge in [0.25, 0.3) is 0 Å². The van der Waals surface area contributed by atoms with Crippen LogP contribution in [0.2, 0.25) is 0 Å². The van der Waals surface area contributed by atoms with Gasteiger partial charge in [0.15, 0.2) is 0 Å². The van der Waals surface area contributed by atoms with E-state index >= 15 is 0 Å². The number of aryl methyl sites for hydroxylation is 3. The van der Waals surface area contributed by atoms with Crippen LogP contribution in [0.5, 0.6) is 17.2 Å². The Labute approximate surface area is 396 Å². The topological polar surface area (TPSA) is 60.7 Å². The number of benzene rings is 3. The molecule has 16 rings (SSSR count). The van der Waals surface area contributed by atoms with E-state index in [1.54, 1.807) is 0 Å². The molecule has 13 aliphatic rings. The van der Waals surface area contributed by atoms with Gasteiger partial charge in [-0.25, -0.2) is 0 Å². The molecule has 0 aliphatic heterocycles. The minimum Gasteiger partial charge on any atom is -0.507 e. The number of hydrogen-bond acceptors (Lipinski definition) is 3. The number of rotatable bonds is 8. The van der Waals surface area contributed by atoms with E-state index in [2.05, 4.69) is 84.0 Å². The second kappa shape index (κ2) is 14.9. The monoisotopic (exact) mass is 883 g/mol. The predicted molar refractivity (Wildman–Crippen MR) is 268 cm³/mol. The zero-order valence-corrected chi connectivity index (χ0v) is 41.3. The molecule has 0 saturated heterocycles. The first kappa shape index (κ1) is 42.4. The fraction of sp³-hybridized carbons (Fsp3) is 0.619. The Balaban J connectivity index is 0.926. The third-order valence-electron chi connectivity index (χ3n) is 21.6. The van der Waals surface area contributed by atoms with Crippen molar-refractivity contribution in [3.05, 3.63) is 114 Å². The highest BCUT2D eigenvalue weighted by Gasteiger charge is 2.55. The summed E-state index contributed by atoms with van der Waals surface area (Å²) in [6.07, 6.45) is 27.4. The van der Waals surface area contributed by atoms with Gasteiger partial charge in [-0.1, -0.05) is 54.0 Å². The Morgan fingerprint density at radius 2 is 0.773 bits per heavy atom. The second-order valence-corrected chi connectivity index (χ2v) is 26.4. The molecule has 66 heavy (non-hydrogen) atoms. The van der Waals surface area contributed by atoms with Gasteiger partial charge in [-0.15, -0.1) is 0 Å². The normalized spacial score (nSPS) is 39.9. The molecule has 1 atom stereocenters. The minimum atomic E-state index is 0.0910. The van der Waals surface area contributed by atoms with Crippen molar-refractivity contribution in [2.75, 3.05) is 0 Å². The predicted octanol–water partition coefficient (Wildman–Crippen LogP) is 15.3. The summed E-state index contributed by atoms with van der Waals surface area (Å²) >= 11 is 0. The maximum absolute atomic E-state index is 12.6. The lowest BCUT2D eigenvalue weighted by atomic mass is 9.48. The maximum atomic E-state index is 12.6. The zero-order chi connectivity index (χ0) is 45.2. The molecule has 348 valence electrons. The molecule has 3 N–H and O–H groups in total. The summed E-state index contributed by atoms with van der Waals surface area (Å²) in [5.41, 5.74) is 17.4. The van der Waals surface area contributed by atoms with E-state index in [1.807, 2.05) is 0 Å². The summed E-state index contributed by atoms with van der Waals surface area (Å²) in [6.45, 7) is 13.8. The molecular weight excluding hydrogens is 805 g/mol. The highest BCUT2D eigenvalue weighted by molar-refractivity contribution is 5.71. The Kier molecular flexibility index (Phi) is 9.56. The molecule has 3 aromatic carbocycles. The smallest absolute Gasteiger partial charge is 0.126 e. The van der Waals surface area contributed by atoms with E-state index in [9.17, 15) is 15.3 Å². The summed E-state index contributed by atoms with van der Waals surface area (Å²) in [4.78, 5) is 0. The van der Waals surface area contributed by atoms with Crippen LogP contribution in [0.1, 0.15) is 186 Å². The van der Waals surface area contributed by atoms with E-state index in [0.29, 0.717) is 30.1 Å². The fourth-order valence-corrected chi connectivity index (χ4v) is 20.3. The first-order chi connectivity index (χ1) is 31.6. The lowest BCUT2D eigenvalue weighted by Gasteiger charge is -2.57. The molecule has 13 aliphatic carbocycles. The van der Waals surface area contributed by atoms with Crippen LogP contribution < -0.4 is 0 Å². The summed E-state index contributed by atoms with van der Waals surface area (Å²) in [5, 5.41) is 37.9. The summed E-state index contributed by atoms with van der Waals surface area (Å²) in [5.74, 6) is 9.02. The zero-order valence-electron chi connectivity index (χ0n) is 41.3. The molecule has 0 spiro atoms. The highest BCUT2D eigenvalue weighted by atomic mass is 16.3. The van der Waals surface area contributed by atoms with Crippen molar-refractivity contribution >= 4 is 6.08 Å². The number of hydrogen-bond donors (Lipinski definition) is 3. The number of aromatic hydroxyl groups is 3.